The summed E-state index contributed by atoms with van der Waals surface area (Å²) in [5, 5.41) is 19.7. The summed E-state index contributed by atoms with van der Waals surface area (Å²) in [6.45, 7) is 0. The molecule has 0 aromatic heterocycles. The topological polar surface area (TPSA) is 111 Å². The molecule has 1 atom stereocenters. The van der Waals surface area contributed by atoms with Gasteiger partial charge in [-0.25, -0.2) is 4.79 Å². The normalized spacial score (nSPS) is 11.5. The number of benzene rings is 1. The van der Waals surface area contributed by atoms with Crippen LogP contribution < -0.4 is 5.32 Å². The number of carboxylic acids is 1. The van der Waals surface area contributed by atoms with E-state index in [1.54, 1.807) is 30.5 Å². The quantitative estimate of drug-likeness (QED) is 0.446. The molecule has 0 aliphatic heterocycles. The first kappa shape index (κ1) is 16.9. The fourth-order valence-corrected chi connectivity index (χ4v) is 1.70. The maximum Gasteiger partial charge on any atom is 0.328 e. The van der Waals surface area contributed by atoms with Gasteiger partial charge in [0, 0.05) is 25.6 Å². The average molecular weight is 301 g/mol. The number of carboxylic acid groups (broad SMARTS) is 1. The van der Waals surface area contributed by atoms with Crippen LogP contribution in [0.3, 0.4) is 0 Å². The van der Waals surface area contributed by atoms with Gasteiger partial charge < -0.3 is 10.4 Å². The van der Waals surface area contributed by atoms with E-state index in [9.17, 15) is 14.4 Å². The minimum absolute atomic E-state index is 0.193. The Morgan fingerprint density at radius 2 is 1.95 bits per heavy atom. The zero-order valence-electron chi connectivity index (χ0n) is 11.9. The molecule has 0 bridgehead atoms. The van der Waals surface area contributed by atoms with E-state index in [1.807, 2.05) is 6.07 Å². The summed E-state index contributed by atoms with van der Waals surface area (Å²) in [4.78, 5) is 34.9. The molecule has 2 N–H and O–H groups in total. The van der Waals surface area contributed by atoms with Crippen LogP contribution in [0.15, 0.2) is 42.5 Å². The van der Waals surface area contributed by atoms with Gasteiger partial charge in [0.05, 0.1) is 0 Å². The Kier molecular flexibility index (Phi) is 6.32. The molecule has 0 aliphatic carbocycles. The van der Waals surface area contributed by atoms with Crippen LogP contribution in [0.25, 0.3) is 0 Å². The van der Waals surface area contributed by atoms with Gasteiger partial charge in [-0.05, 0) is 5.56 Å². The number of aliphatic carboxylic acids is 1. The van der Waals surface area contributed by atoms with Crippen molar-refractivity contribution in [2.24, 2.45) is 0 Å². The molecule has 1 aromatic carbocycles. The minimum atomic E-state index is -1.27. The Hall–Kier alpha value is -3.14. The molecule has 2 amide bonds. The number of nitriles is 1. The van der Waals surface area contributed by atoms with Gasteiger partial charge in [0.25, 0.3) is 5.91 Å². The molecule has 7 nitrogen and oxygen atoms in total. The third-order valence-corrected chi connectivity index (χ3v) is 2.76. The van der Waals surface area contributed by atoms with Crippen LogP contribution in [0, 0.1) is 11.5 Å². The van der Waals surface area contributed by atoms with Crippen molar-refractivity contribution in [3.05, 3.63) is 48.0 Å². The molecular formula is C15H15N3O4. The lowest BCUT2D eigenvalue weighted by Crippen LogP contribution is -2.47. The van der Waals surface area contributed by atoms with Gasteiger partial charge in [-0.2, -0.15) is 5.26 Å². The summed E-state index contributed by atoms with van der Waals surface area (Å²) in [5.74, 6) is -2.57. The number of rotatable bonds is 6. The van der Waals surface area contributed by atoms with Crippen LogP contribution >= 0.6 is 0 Å². The molecule has 0 aliphatic rings. The number of amides is 2. The molecule has 22 heavy (non-hydrogen) atoms. The molecule has 114 valence electrons. The first-order chi connectivity index (χ1) is 10.4. The highest BCUT2D eigenvalue weighted by Crippen LogP contribution is 2.05. The van der Waals surface area contributed by atoms with Crippen LogP contribution in [-0.4, -0.2) is 40.9 Å². The molecule has 0 spiro atoms. The molecule has 1 unspecified atom stereocenters. The Bertz CT molecular complexity index is 619. The molecule has 0 saturated carbocycles. The lowest BCUT2D eigenvalue weighted by atomic mass is 10.0. The Morgan fingerprint density at radius 3 is 2.50 bits per heavy atom. The largest absolute Gasteiger partial charge is 0.478 e. The fraction of sp³-hybridized carbons (Fsp3) is 0.200. The lowest BCUT2D eigenvalue weighted by Gasteiger charge is -2.19. The Balaban J connectivity index is 2.87. The Labute approximate surface area is 127 Å². The zero-order valence-corrected chi connectivity index (χ0v) is 11.9. The number of nitrogens with one attached hydrogen (secondary N) is 1. The van der Waals surface area contributed by atoms with Crippen molar-refractivity contribution >= 4 is 17.8 Å². The second kappa shape index (κ2) is 8.21. The van der Waals surface area contributed by atoms with E-state index in [-0.39, 0.29) is 6.42 Å². The zero-order chi connectivity index (χ0) is 16.5. The predicted molar refractivity (Wildman–Crippen MR) is 77.2 cm³/mol. The summed E-state index contributed by atoms with van der Waals surface area (Å²) in [6.07, 6.45) is 3.36. The van der Waals surface area contributed by atoms with Gasteiger partial charge in [0.15, 0.2) is 6.19 Å². The molecule has 7 heteroatoms. The first-order valence-electron chi connectivity index (χ1n) is 6.36. The third-order valence-electron chi connectivity index (χ3n) is 2.76. The van der Waals surface area contributed by atoms with Gasteiger partial charge in [0.2, 0.25) is 5.91 Å². The van der Waals surface area contributed by atoms with E-state index in [2.05, 4.69) is 5.32 Å². The number of hydrogen-bond acceptors (Lipinski definition) is 4. The highest BCUT2D eigenvalue weighted by Gasteiger charge is 2.23. The van der Waals surface area contributed by atoms with Gasteiger partial charge in [-0.1, -0.05) is 30.3 Å². The molecule has 0 heterocycles. The number of likely N-dealkylation sites (N-methyl/N-ethyl adjacent to an activating group) is 1. The van der Waals surface area contributed by atoms with E-state index in [1.165, 1.54) is 7.05 Å². The SMILES string of the molecule is CN(C#N)C(=O)C(Cc1ccccc1)NC(=O)/C=C/C(=O)O. The maximum absolute atomic E-state index is 12.1. The second-order valence-corrected chi connectivity index (χ2v) is 4.42. The number of carbonyl (C=O) groups excluding carboxylic acids is 2. The van der Waals surface area contributed by atoms with E-state index in [0.29, 0.717) is 6.08 Å². The van der Waals surface area contributed by atoms with Crippen LogP contribution in [0.5, 0.6) is 0 Å². The maximum atomic E-state index is 12.1. The number of hydrogen-bond donors (Lipinski definition) is 2. The number of carbonyl (C=O) groups is 3. The smallest absolute Gasteiger partial charge is 0.328 e. The molecule has 0 radical (unpaired) electrons. The van der Waals surface area contributed by atoms with Crippen LogP contribution in [0.4, 0.5) is 0 Å². The minimum Gasteiger partial charge on any atom is -0.478 e. The van der Waals surface area contributed by atoms with Gasteiger partial charge >= 0.3 is 5.97 Å². The van der Waals surface area contributed by atoms with E-state index >= 15 is 0 Å². The van der Waals surface area contributed by atoms with E-state index < -0.39 is 23.8 Å². The summed E-state index contributed by atoms with van der Waals surface area (Å²) >= 11 is 0. The highest BCUT2D eigenvalue weighted by atomic mass is 16.4. The van der Waals surface area contributed by atoms with Crippen LogP contribution in [-0.2, 0) is 20.8 Å². The predicted octanol–water partition coefficient (Wildman–Crippen LogP) is 0.294. The van der Waals surface area contributed by atoms with Gasteiger partial charge in [-0.15, -0.1) is 0 Å². The van der Waals surface area contributed by atoms with E-state index in [0.717, 1.165) is 16.5 Å². The molecule has 1 rings (SSSR count). The highest BCUT2D eigenvalue weighted by molar-refractivity contribution is 5.96. The first-order valence-corrected chi connectivity index (χ1v) is 6.36. The summed E-state index contributed by atoms with van der Waals surface area (Å²) in [7, 11) is 1.29. The molecule has 1 aromatic rings. The van der Waals surface area contributed by atoms with Crippen molar-refractivity contribution < 1.29 is 19.5 Å². The van der Waals surface area contributed by atoms with Crippen molar-refractivity contribution in [2.75, 3.05) is 7.05 Å². The number of nitrogens with zero attached hydrogens (tertiary/aromatic N) is 2. The fourth-order valence-electron chi connectivity index (χ4n) is 1.70. The van der Waals surface area contributed by atoms with Crippen molar-refractivity contribution in [1.29, 1.82) is 5.26 Å². The van der Waals surface area contributed by atoms with Crippen molar-refractivity contribution in [1.82, 2.24) is 10.2 Å². The summed E-state index contributed by atoms with van der Waals surface area (Å²) in [6, 6.07) is 8.00. The Morgan fingerprint density at radius 1 is 1.32 bits per heavy atom. The van der Waals surface area contributed by atoms with Crippen LogP contribution in [0.2, 0.25) is 0 Å². The standard InChI is InChI=1S/C15H15N3O4/c1-18(10-16)15(22)12(9-11-5-3-2-4-6-11)17-13(19)7-8-14(20)21/h2-8,12H,9H2,1H3,(H,17,19)(H,20,21)/b8-7+. The van der Waals surface area contributed by atoms with Crippen LogP contribution in [0.1, 0.15) is 5.56 Å². The van der Waals surface area contributed by atoms with Crippen molar-refractivity contribution in [2.45, 2.75) is 12.5 Å². The van der Waals surface area contributed by atoms with E-state index in [4.69, 9.17) is 10.4 Å². The summed E-state index contributed by atoms with van der Waals surface area (Å²) < 4.78 is 0. The van der Waals surface area contributed by atoms with Gasteiger partial charge in [0.1, 0.15) is 6.04 Å². The average Bonchev–Trinajstić information content (AvgIpc) is 2.51. The summed E-state index contributed by atoms with van der Waals surface area (Å²) in [5.41, 5.74) is 0.801. The molecule has 0 saturated heterocycles. The second-order valence-electron chi connectivity index (χ2n) is 4.42. The van der Waals surface area contributed by atoms with Crippen molar-refractivity contribution in [3.63, 3.8) is 0 Å². The van der Waals surface area contributed by atoms with Crippen molar-refractivity contribution in [3.8, 4) is 6.19 Å². The lowest BCUT2D eigenvalue weighted by molar-refractivity contribution is -0.132. The third kappa shape index (κ3) is 5.46. The monoisotopic (exact) mass is 301 g/mol. The molecular weight excluding hydrogens is 286 g/mol. The van der Waals surface area contributed by atoms with Gasteiger partial charge in [-0.3, -0.25) is 14.5 Å². The molecule has 0 fully saturated rings.